The molecule has 3 aliphatic heterocycles. The number of hydrogen-bond acceptors (Lipinski definition) is 8. The normalized spacial score (nSPS) is 23.2. The summed E-state index contributed by atoms with van der Waals surface area (Å²) in [5, 5.41) is 11.5. The molecule has 2 aromatic heterocycles. The molecule has 8 nitrogen and oxygen atoms in total. The van der Waals surface area contributed by atoms with Crippen LogP contribution in [0.15, 0.2) is 24.3 Å². The van der Waals surface area contributed by atoms with Gasteiger partial charge >= 0.3 is 6.01 Å². The zero-order valence-corrected chi connectivity index (χ0v) is 24.7. The van der Waals surface area contributed by atoms with Crippen LogP contribution in [0.1, 0.15) is 38.7 Å². The number of likely N-dealkylation sites (N-methyl/N-ethyl adjacent to an activating group) is 1. The lowest BCUT2D eigenvalue weighted by Crippen LogP contribution is -2.43. The number of aromatic nitrogens is 3. The Kier molecular flexibility index (Phi) is 6.73. The van der Waals surface area contributed by atoms with Crippen molar-refractivity contribution in [2.24, 2.45) is 5.92 Å². The van der Waals surface area contributed by atoms with Crippen LogP contribution in [0.25, 0.3) is 32.9 Å². The molecule has 3 atom stereocenters. The number of ether oxygens (including phenoxy) is 2. The first kappa shape index (κ1) is 28.5. The minimum absolute atomic E-state index is 0.0505. The predicted octanol–water partition coefficient (Wildman–Crippen LogP) is 5.62. The highest BCUT2D eigenvalue weighted by Gasteiger charge is 2.49. The van der Waals surface area contributed by atoms with Crippen molar-refractivity contribution in [1.82, 2.24) is 19.9 Å². The van der Waals surface area contributed by atoms with Crippen LogP contribution in [0.5, 0.6) is 17.6 Å². The molecule has 0 bridgehead atoms. The number of pyridine rings is 1. The molecule has 5 heterocycles. The molecular formula is C33H32F3N5O3. The second-order valence-electron chi connectivity index (χ2n) is 12.4. The van der Waals surface area contributed by atoms with Crippen LogP contribution in [0, 0.1) is 29.9 Å². The van der Waals surface area contributed by atoms with Crippen LogP contribution in [-0.4, -0.2) is 76.1 Å². The number of benzene rings is 2. The third-order valence-corrected chi connectivity index (χ3v) is 9.39. The van der Waals surface area contributed by atoms with Crippen LogP contribution < -0.4 is 14.4 Å². The number of hydrogen-bond donors (Lipinski definition) is 1. The van der Waals surface area contributed by atoms with E-state index in [0.717, 1.165) is 19.4 Å². The second-order valence-corrected chi connectivity index (χ2v) is 12.4. The van der Waals surface area contributed by atoms with E-state index in [-0.39, 0.29) is 75.9 Å². The van der Waals surface area contributed by atoms with E-state index in [9.17, 15) is 13.9 Å². The van der Waals surface area contributed by atoms with Crippen molar-refractivity contribution in [2.75, 3.05) is 38.3 Å². The van der Waals surface area contributed by atoms with E-state index in [1.807, 2.05) is 25.8 Å². The zero-order valence-electron chi connectivity index (χ0n) is 24.7. The number of halogens is 3. The largest absolute Gasteiger partial charge is 0.508 e. The summed E-state index contributed by atoms with van der Waals surface area (Å²) in [5.41, 5.74) is -0.765. The van der Waals surface area contributed by atoms with Crippen LogP contribution in [0.3, 0.4) is 0 Å². The summed E-state index contributed by atoms with van der Waals surface area (Å²) in [4.78, 5) is 17.9. The predicted molar refractivity (Wildman–Crippen MR) is 161 cm³/mol. The third-order valence-electron chi connectivity index (χ3n) is 9.39. The van der Waals surface area contributed by atoms with Gasteiger partial charge in [0, 0.05) is 31.0 Å². The average molecular weight is 604 g/mol. The number of aromatic hydroxyl groups is 1. The van der Waals surface area contributed by atoms with Crippen LogP contribution in [-0.2, 0) is 0 Å². The minimum Gasteiger partial charge on any atom is -0.508 e. The van der Waals surface area contributed by atoms with E-state index >= 15 is 4.39 Å². The van der Waals surface area contributed by atoms with Crippen LogP contribution >= 0.6 is 0 Å². The molecule has 0 saturated carbocycles. The van der Waals surface area contributed by atoms with E-state index in [0.29, 0.717) is 24.2 Å². The molecule has 4 aromatic rings. The van der Waals surface area contributed by atoms with Crippen LogP contribution in [0.2, 0.25) is 0 Å². The maximum atomic E-state index is 16.8. The Balaban J connectivity index is 1.44. The molecule has 228 valence electrons. The number of fused-ring (bicyclic) bond motifs is 2. The Bertz CT molecular complexity index is 1860. The van der Waals surface area contributed by atoms with Gasteiger partial charge in [-0.2, -0.15) is 9.97 Å². The quantitative estimate of drug-likeness (QED) is 0.295. The van der Waals surface area contributed by atoms with E-state index in [1.165, 1.54) is 24.3 Å². The van der Waals surface area contributed by atoms with Crippen molar-refractivity contribution in [3.63, 3.8) is 0 Å². The fourth-order valence-electron chi connectivity index (χ4n) is 7.18. The fourth-order valence-corrected chi connectivity index (χ4v) is 7.18. The first-order valence-electron chi connectivity index (χ1n) is 14.8. The summed E-state index contributed by atoms with van der Waals surface area (Å²) in [6.45, 7) is 5.66. The zero-order chi connectivity index (χ0) is 30.9. The molecule has 2 aromatic carbocycles. The van der Waals surface area contributed by atoms with Gasteiger partial charge in [-0.3, -0.25) is 4.90 Å². The first-order chi connectivity index (χ1) is 21.1. The first-order valence-corrected chi connectivity index (χ1v) is 14.8. The molecule has 0 aliphatic carbocycles. The SMILES string of the molecule is C#Cc1c(F)ccc2cc(O)cc(-c3nc4c5c(nc(OC[C@@]67CCCN6C[C@H](F)C7)nc5c3F)N(C)[C@@H](C(C)C)CO4)c12. The van der Waals surface area contributed by atoms with Crippen molar-refractivity contribution < 1.29 is 27.8 Å². The highest BCUT2D eigenvalue weighted by atomic mass is 19.1. The van der Waals surface area contributed by atoms with Crippen molar-refractivity contribution in [3.05, 3.63) is 41.5 Å². The second kappa shape index (κ2) is 10.4. The summed E-state index contributed by atoms with van der Waals surface area (Å²) >= 11 is 0. The molecule has 0 spiro atoms. The molecule has 44 heavy (non-hydrogen) atoms. The smallest absolute Gasteiger partial charge is 0.319 e. The minimum atomic E-state index is -0.931. The summed E-state index contributed by atoms with van der Waals surface area (Å²) in [6.07, 6.45) is 6.86. The van der Waals surface area contributed by atoms with Gasteiger partial charge in [0.05, 0.1) is 17.1 Å². The average Bonchev–Trinajstić information content (AvgIpc) is 3.47. The Labute approximate surface area is 252 Å². The van der Waals surface area contributed by atoms with Crippen molar-refractivity contribution in [3.8, 4) is 41.2 Å². The van der Waals surface area contributed by atoms with Gasteiger partial charge in [0.15, 0.2) is 5.82 Å². The monoisotopic (exact) mass is 603 g/mol. The highest BCUT2D eigenvalue weighted by molar-refractivity contribution is 6.04. The highest BCUT2D eigenvalue weighted by Crippen LogP contribution is 2.44. The number of anilines is 1. The standard InChI is InChI=1S/C33H32F3N5O3/c1-5-21-23(35)8-7-18-11-20(42)12-22(25(18)21)28-27(36)29-26-30(40(4)24(17(2)3)15-43-31(26)37-28)39-32(38-29)44-16-33-9-6-10-41(33)14-19(34)13-33/h1,7-8,11-12,17,19,24,42H,6,9-10,13-16H2,2-4H3/t19-,24-,33+/m1/s1. The van der Waals surface area contributed by atoms with Gasteiger partial charge in [0.2, 0.25) is 5.88 Å². The van der Waals surface area contributed by atoms with E-state index in [1.54, 1.807) is 0 Å². The molecule has 1 N–H and O–H groups in total. The fraction of sp³-hybridized carbons (Fsp3) is 0.424. The maximum Gasteiger partial charge on any atom is 0.319 e. The lowest BCUT2D eigenvalue weighted by atomic mass is 9.95. The Hall–Kier alpha value is -4.30. The molecule has 0 amide bonds. The Morgan fingerprint density at radius 2 is 2.02 bits per heavy atom. The van der Waals surface area contributed by atoms with Gasteiger partial charge in [0.1, 0.15) is 53.4 Å². The summed E-state index contributed by atoms with van der Waals surface area (Å²) in [6, 6.07) is 5.20. The van der Waals surface area contributed by atoms with Crippen molar-refractivity contribution in [2.45, 2.75) is 50.9 Å². The van der Waals surface area contributed by atoms with E-state index < -0.39 is 23.3 Å². The van der Waals surface area contributed by atoms with Crippen LogP contribution in [0.4, 0.5) is 19.0 Å². The Morgan fingerprint density at radius 1 is 1.20 bits per heavy atom. The molecule has 2 saturated heterocycles. The summed E-state index contributed by atoms with van der Waals surface area (Å²) in [5.74, 6) is 1.31. The molecule has 11 heteroatoms. The number of terminal acetylenes is 1. The van der Waals surface area contributed by atoms with Gasteiger partial charge in [-0.05, 0) is 48.9 Å². The van der Waals surface area contributed by atoms with Crippen molar-refractivity contribution >= 4 is 27.5 Å². The maximum absolute atomic E-state index is 16.8. The van der Waals surface area contributed by atoms with Gasteiger partial charge in [-0.1, -0.05) is 25.8 Å². The summed E-state index contributed by atoms with van der Waals surface area (Å²) in [7, 11) is 1.85. The van der Waals surface area contributed by atoms with Gasteiger partial charge in [-0.25, -0.2) is 18.2 Å². The number of nitrogens with zero attached hydrogens (tertiary/aromatic N) is 5. The molecule has 3 aliphatic rings. The van der Waals surface area contributed by atoms with Gasteiger partial charge in [0.25, 0.3) is 0 Å². The van der Waals surface area contributed by atoms with E-state index in [2.05, 4.69) is 20.8 Å². The third kappa shape index (κ3) is 4.38. The van der Waals surface area contributed by atoms with Crippen molar-refractivity contribution in [1.29, 1.82) is 0 Å². The van der Waals surface area contributed by atoms with E-state index in [4.69, 9.17) is 20.9 Å². The number of alkyl halides is 1. The molecule has 2 fully saturated rings. The molecule has 0 radical (unpaired) electrons. The Morgan fingerprint density at radius 3 is 2.80 bits per heavy atom. The molecule has 7 rings (SSSR count). The van der Waals surface area contributed by atoms with Gasteiger partial charge < -0.3 is 19.5 Å². The van der Waals surface area contributed by atoms with Gasteiger partial charge in [-0.15, -0.1) is 6.42 Å². The lowest BCUT2D eigenvalue weighted by Gasteiger charge is -2.31. The number of phenols is 1. The summed E-state index contributed by atoms with van der Waals surface area (Å²) < 4.78 is 58.5. The molecule has 0 unspecified atom stereocenters. The lowest BCUT2D eigenvalue weighted by molar-refractivity contribution is 0.107. The number of phenolic OH excluding ortho intramolecular Hbond substituents is 1. The molecular weight excluding hydrogens is 571 g/mol. The topological polar surface area (TPSA) is 83.8 Å². The number of rotatable bonds is 5.